The fraction of sp³-hybridized carbons (Fsp3) is 0.200. The van der Waals surface area contributed by atoms with Crippen molar-refractivity contribution in [3.63, 3.8) is 0 Å². The van der Waals surface area contributed by atoms with E-state index >= 15 is 0 Å². The van der Waals surface area contributed by atoms with Crippen LogP contribution in [0.25, 0.3) is 5.69 Å². The Balaban J connectivity index is 1.59. The van der Waals surface area contributed by atoms with Gasteiger partial charge < -0.3 is 24.8 Å². The van der Waals surface area contributed by atoms with Crippen LogP contribution in [0.2, 0.25) is 0 Å². The number of rotatable bonds is 7. The number of hydrogen-bond acceptors (Lipinski definition) is 5. The van der Waals surface area contributed by atoms with Gasteiger partial charge in [0.2, 0.25) is 5.91 Å². The van der Waals surface area contributed by atoms with Crippen LogP contribution in [-0.2, 0) is 9.53 Å². The summed E-state index contributed by atoms with van der Waals surface area (Å²) in [6.45, 7) is 3.80. The van der Waals surface area contributed by atoms with Gasteiger partial charge in [-0.15, -0.1) is 0 Å². The van der Waals surface area contributed by atoms with Gasteiger partial charge in [-0.25, -0.2) is 4.79 Å². The molecule has 0 spiro atoms. The molecule has 0 bridgehead atoms. The van der Waals surface area contributed by atoms with Gasteiger partial charge in [0.1, 0.15) is 6.04 Å². The number of nitrogens with one attached hydrogen (secondary N) is 2. The highest BCUT2D eigenvalue weighted by Gasteiger charge is 2.42. The van der Waals surface area contributed by atoms with Crippen LogP contribution in [0.15, 0.2) is 85.2 Å². The van der Waals surface area contributed by atoms with E-state index < -0.39 is 0 Å². The van der Waals surface area contributed by atoms with E-state index in [1.165, 1.54) is 7.11 Å². The van der Waals surface area contributed by atoms with Crippen LogP contribution in [0, 0.1) is 6.92 Å². The van der Waals surface area contributed by atoms with Crippen molar-refractivity contribution in [2.75, 3.05) is 17.3 Å². The molecule has 9 heteroatoms. The maximum atomic E-state index is 12.0. The summed E-state index contributed by atoms with van der Waals surface area (Å²) in [5, 5.41) is 7.03. The van der Waals surface area contributed by atoms with Gasteiger partial charge in [0.25, 0.3) is 0 Å². The first-order chi connectivity index (χ1) is 18.9. The number of pyridine rings is 1. The summed E-state index contributed by atoms with van der Waals surface area (Å²) in [5.41, 5.74) is 5.85. The number of aryl methyl sites for hydroxylation is 1. The number of carbonyl (C=O) groups excluding carboxylic acids is 2. The predicted octanol–water partition coefficient (Wildman–Crippen LogP) is 5.49. The minimum absolute atomic E-state index is 0.0339. The van der Waals surface area contributed by atoms with Crippen molar-refractivity contribution in [2.24, 2.45) is 0 Å². The molecule has 2 atom stereocenters. The number of thiocarbonyl (C=S) groups is 1. The lowest BCUT2D eigenvalue weighted by Crippen LogP contribution is -2.30. The maximum absolute atomic E-state index is 12.0. The summed E-state index contributed by atoms with van der Waals surface area (Å²) in [6.07, 6.45) is 4.18. The van der Waals surface area contributed by atoms with E-state index in [-0.39, 0.29) is 24.0 Å². The zero-order chi connectivity index (χ0) is 27.5. The average Bonchev–Trinajstić information content (AvgIpc) is 3.58. The number of esters is 1. The third-order valence-corrected chi connectivity index (χ3v) is 7.15. The Morgan fingerprint density at radius 1 is 1.05 bits per heavy atom. The zero-order valence-electron chi connectivity index (χ0n) is 21.9. The molecule has 1 aliphatic heterocycles. The molecule has 0 unspecified atom stereocenters. The number of nitrogens with zero attached hydrogens (tertiary/aromatic N) is 3. The summed E-state index contributed by atoms with van der Waals surface area (Å²) in [6, 6.07) is 22.7. The van der Waals surface area contributed by atoms with Gasteiger partial charge in [0.15, 0.2) is 5.11 Å². The number of amides is 1. The highest BCUT2D eigenvalue weighted by atomic mass is 32.1. The third-order valence-electron chi connectivity index (χ3n) is 6.83. The number of hydrogen-bond donors (Lipinski definition) is 2. The minimum atomic E-state index is -0.380. The smallest absolute Gasteiger partial charge is 0.337 e. The molecule has 198 valence electrons. The second-order valence-electron chi connectivity index (χ2n) is 9.24. The molecular weight excluding hydrogens is 510 g/mol. The Hall–Kier alpha value is -4.50. The van der Waals surface area contributed by atoms with Gasteiger partial charge in [-0.1, -0.05) is 13.0 Å². The van der Waals surface area contributed by atoms with Crippen LogP contribution in [0.5, 0.6) is 0 Å². The fourth-order valence-corrected chi connectivity index (χ4v) is 5.20. The van der Waals surface area contributed by atoms with E-state index in [1.807, 2.05) is 74.6 Å². The normalized spacial score (nSPS) is 16.6. The van der Waals surface area contributed by atoms with Crippen molar-refractivity contribution in [1.29, 1.82) is 0 Å². The largest absolute Gasteiger partial charge is 0.465 e. The average molecular weight is 540 g/mol. The molecule has 4 aromatic rings. The summed E-state index contributed by atoms with van der Waals surface area (Å²) in [4.78, 5) is 30.7. The van der Waals surface area contributed by atoms with Crippen LogP contribution in [0.1, 0.15) is 52.7 Å². The second kappa shape index (κ2) is 11.1. The monoisotopic (exact) mass is 539 g/mol. The third kappa shape index (κ3) is 5.13. The molecule has 0 radical (unpaired) electrons. The number of anilines is 2. The van der Waals surface area contributed by atoms with E-state index in [0.717, 1.165) is 34.0 Å². The van der Waals surface area contributed by atoms with Gasteiger partial charge in [0, 0.05) is 41.6 Å². The lowest BCUT2D eigenvalue weighted by Gasteiger charge is -2.29. The lowest BCUT2D eigenvalue weighted by atomic mass is 10.00. The van der Waals surface area contributed by atoms with Crippen LogP contribution >= 0.6 is 12.2 Å². The van der Waals surface area contributed by atoms with E-state index in [0.29, 0.717) is 17.1 Å². The van der Waals surface area contributed by atoms with E-state index in [1.54, 1.807) is 18.3 Å². The molecule has 39 heavy (non-hydrogen) atoms. The first-order valence-corrected chi connectivity index (χ1v) is 13.1. The molecule has 2 aromatic carbocycles. The topological polar surface area (TPSA) is 88.5 Å². The van der Waals surface area contributed by atoms with Crippen molar-refractivity contribution < 1.29 is 14.3 Å². The van der Waals surface area contributed by atoms with Crippen LogP contribution < -0.4 is 15.5 Å². The van der Waals surface area contributed by atoms with Crippen molar-refractivity contribution >= 4 is 40.6 Å². The first kappa shape index (κ1) is 26.1. The Morgan fingerprint density at radius 3 is 2.49 bits per heavy atom. The molecule has 0 aliphatic carbocycles. The summed E-state index contributed by atoms with van der Waals surface area (Å²) in [7, 11) is 1.37. The van der Waals surface area contributed by atoms with Crippen LogP contribution in [0.4, 0.5) is 11.4 Å². The first-order valence-electron chi connectivity index (χ1n) is 12.7. The van der Waals surface area contributed by atoms with Gasteiger partial charge in [-0.2, -0.15) is 0 Å². The van der Waals surface area contributed by atoms with E-state index in [2.05, 4.69) is 31.2 Å². The summed E-state index contributed by atoms with van der Waals surface area (Å²) < 4.78 is 6.94. The molecule has 5 rings (SSSR count). The SMILES string of the molecule is CCC(=O)Nc1ccc(N2C(=S)N[C@H](c3ccccn3)[C@@H]2c2cccn2-c2ccc(C(=O)OC)cc2)cc1C. The van der Waals surface area contributed by atoms with Crippen molar-refractivity contribution in [3.8, 4) is 5.69 Å². The summed E-state index contributed by atoms with van der Waals surface area (Å²) in [5.74, 6) is -0.414. The molecule has 1 fully saturated rings. The number of benzene rings is 2. The molecule has 2 aromatic heterocycles. The van der Waals surface area contributed by atoms with E-state index in [4.69, 9.17) is 17.0 Å². The summed E-state index contributed by atoms with van der Waals surface area (Å²) >= 11 is 5.89. The van der Waals surface area contributed by atoms with Crippen LogP contribution in [-0.4, -0.2) is 33.6 Å². The number of ether oxygens (including phenoxy) is 1. The van der Waals surface area contributed by atoms with Gasteiger partial charge in [0.05, 0.1) is 24.4 Å². The van der Waals surface area contributed by atoms with Crippen LogP contribution in [0.3, 0.4) is 0 Å². The second-order valence-corrected chi connectivity index (χ2v) is 9.63. The maximum Gasteiger partial charge on any atom is 0.337 e. The standard InChI is InChI=1S/C30H29N5O3S/c1-4-26(36)32-23-15-14-22(18-19(23)2)35-28(27(33-30(35)39)24-8-5-6-16-31-24)25-9-7-17-34(25)21-12-10-20(11-13-21)29(37)38-3/h5-18,27-28H,4H2,1-3H3,(H,32,36)(H,33,39)/t27-,28+/m1/s1. The Labute approximate surface area is 232 Å². The molecule has 1 amide bonds. The van der Waals surface area contributed by atoms with Crippen molar-refractivity contribution in [3.05, 3.63) is 108 Å². The van der Waals surface area contributed by atoms with E-state index in [9.17, 15) is 9.59 Å². The highest BCUT2D eigenvalue weighted by Crippen LogP contribution is 2.43. The Kier molecular flexibility index (Phi) is 7.42. The van der Waals surface area contributed by atoms with Gasteiger partial charge in [-0.05, 0) is 91.4 Å². The van der Waals surface area contributed by atoms with Crippen molar-refractivity contribution in [2.45, 2.75) is 32.4 Å². The number of aromatic nitrogens is 2. The Bertz CT molecular complexity index is 1520. The zero-order valence-corrected chi connectivity index (χ0v) is 22.7. The molecule has 0 saturated carbocycles. The highest BCUT2D eigenvalue weighted by molar-refractivity contribution is 7.80. The fourth-order valence-electron chi connectivity index (χ4n) is 4.86. The molecule has 1 saturated heterocycles. The van der Waals surface area contributed by atoms with Crippen molar-refractivity contribution in [1.82, 2.24) is 14.9 Å². The quantitative estimate of drug-likeness (QED) is 0.237. The molecule has 3 heterocycles. The molecule has 8 nitrogen and oxygen atoms in total. The molecule has 2 N–H and O–H groups in total. The number of carbonyl (C=O) groups is 2. The predicted molar refractivity (Wildman–Crippen MR) is 155 cm³/mol. The Morgan fingerprint density at radius 2 is 1.82 bits per heavy atom. The number of methoxy groups -OCH3 is 1. The molecular formula is C30H29N5O3S. The van der Waals surface area contributed by atoms with Gasteiger partial charge >= 0.3 is 5.97 Å². The minimum Gasteiger partial charge on any atom is -0.465 e. The molecule has 1 aliphatic rings. The lowest BCUT2D eigenvalue weighted by molar-refractivity contribution is -0.115. The van der Waals surface area contributed by atoms with Gasteiger partial charge in [-0.3, -0.25) is 9.78 Å².